The van der Waals surface area contributed by atoms with Gasteiger partial charge in [-0.25, -0.2) is 4.98 Å². The highest BCUT2D eigenvalue weighted by atomic mass is 79.9. The Morgan fingerprint density at radius 1 is 1.41 bits per heavy atom. The minimum atomic E-state index is -1.49. The van der Waals surface area contributed by atoms with Gasteiger partial charge in [-0.2, -0.15) is 5.26 Å². The fraction of sp³-hybridized carbons (Fsp3) is 0.429. The lowest BCUT2D eigenvalue weighted by atomic mass is 9.75. The summed E-state index contributed by atoms with van der Waals surface area (Å²) in [6.45, 7) is 2.29. The molecule has 2 aliphatic rings. The summed E-state index contributed by atoms with van der Waals surface area (Å²) in [6, 6.07) is 13.2. The van der Waals surface area contributed by atoms with Gasteiger partial charge in [0.15, 0.2) is 6.29 Å². The van der Waals surface area contributed by atoms with Gasteiger partial charge in [-0.3, -0.25) is 0 Å². The van der Waals surface area contributed by atoms with E-state index >= 15 is 0 Å². The second-order valence-corrected chi connectivity index (χ2v) is 8.67. The molecule has 2 aliphatic heterocycles. The van der Waals surface area contributed by atoms with Gasteiger partial charge in [0.25, 0.3) is 0 Å². The van der Waals surface area contributed by atoms with Crippen molar-refractivity contribution in [3.8, 4) is 6.07 Å². The van der Waals surface area contributed by atoms with Crippen molar-refractivity contribution < 1.29 is 18.9 Å². The minimum Gasteiger partial charge on any atom is -0.374 e. The summed E-state index contributed by atoms with van der Waals surface area (Å²) in [6.07, 6.45) is -1.52. The van der Waals surface area contributed by atoms with Crippen LogP contribution in [-0.2, 0) is 24.5 Å². The third-order valence-corrected chi connectivity index (χ3v) is 6.31. The smallest absolute Gasteiger partial charge is 0.184 e. The number of pyridine rings is 1. The third kappa shape index (κ3) is 4.00. The summed E-state index contributed by atoms with van der Waals surface area (Å²) in [7, 11) is 0. The topological polar surface area (TPSA) is 122 Å². The van der Waals surface area contributed by atoms with Gasteiger partial charge in [0.1, 0.15) is 41.0 Å². The number of hydrogen-bond acceptors (Lipinski definition) is 8. The van der Waals surface area contributed by atoms with Crippen LogP contribution in [0.15, 0.2) is 52.2 Å². The van der Waals surface area contributed by atoms with E-state index in [1.807, 2.05) is 37.3 Å². The van der Waals surface area contributed by atoms with Crippen LogP contribution in [0.4, 0.5) is 0 Å². The molecule has 0 aliphatic carbocycles. The highest BCUT2D eigenvalue weighted by Gasteiger charge is 2.61. The van der Waals surface area contributed by atoms with Crippen LogP contribution in [0.5, 0.6) is 0 Å². The maximum Gasteiger partial charge on any atom is 0.184 e. The zero-order chi connectivity index (χ0) is 22.7. The van der Waals surface area contributed by atoms with E-state index in [1.54, 1.807) is 6.07 Å². The van der Waals surface area contributed by atoms with Gasteiger partial charge in [-0.1, -0.05) is 35.4 Å². The van der Waals surface area contributed by atoms with E-state index in [0.717, 1.165) is 5.56 Å². The molecule has 2 saturated heterocycles. The van der Waals surface area contributed by atoms with Crippen molar-refractivity contribution in [1.29, 1.82) is 5.26 Å². The van der Waals surface area contributed by atoms with Crippen molar-refractivity contribution in [1.82, 2.24) is 4.98 Å². The van der Waals surface area contributed by atoms with E-state index in [0.29, 0.717) is 16.6 Å². The highest BCUT2D eigenvalue weighted by Crippen LogP contribution is 2.50. The number of hydrogen-bond donors (Lipinski definition) is 1. The number of fused-ring (bicyclic) bond motifs is 1. The van der Waals surface area contributed by atoms with Crippen LogP contribution in [0.1, 0.15) is 30.0 Å². The van der Waals surface area contributed by atoms with E-state index in [1.165, 1.54) is 6.20 Å². The predicted octanol–water partition coefficient (Wildman–Crippen LogP) is 4.40. The summed E-state index contributed by atoms with van der Waals surface area (Å²) in [5.41, 5.74) is 8.67. The van der Waals surface area contributed by atoms with Gasteiger partial charge in [0.2, 0.25) is 0 Å². The van der Waals surface area contributed by atoms with Gasteiger partial charge >= 0.3 is 0 Å². The molecule has 4 rings (SSSR count). The van der Waals surface area contributed by atoms with Crippen LogP contribution in [0, 0.1) is 11.3 Å². The number of azide groups is 1. The molecule has 0 spiro atoms. The van der Waals surface area contributed by atoms with Gasteiger partial charge in [-0.05, 0) is 34.5 Å². The monoisotopic (exact) mass is 517 g/mol. The van der Waals surface area contributed by atoms with Crippen LogP contribution in [-0.4, -0.2) is 41.9 Å². The van der Waals surface area contributed by atoms with E-state index in [4.69, 9.17) is 18.9 Å². The Kier molecular flexibility index (Phi) is 7.02. The van der Waals surface area contributed by atoms with Crippen LogP contribution in [0.25, 0.3) is 10.4 Å². The number of rotatable bonds is 5. The van der Waals surface area contributed by atoms with Gasteiger partial charge in [0, 0.05) is 33.3 Å². The molecular weight excluding hydrogens is 498 g/mol. The van der Waals surface area contributed by atoms with E-state index in [-0.39, 0.29) is 12.3 Å². The number of nitriles is 1. The van der Waals surface area contributed by atoms with Gasteiger partial charge in [-0.15, -0.1) is 12.6 Å². The minimum absolute atomic E-state index is 0.0952. The number of halogens is 1. The summed E-state index contributed by atoms with van der Waals surface area (Å²) in [5, 5.41) is 14.0. The van der Waals surface area contributed by atoms with Crippen molar-refractivity contribution >= 4 is 28.6 Å². The number of aromatic nitrogens is 1. The Bertz CT molecular complexity index is 1060. The number of ether oxygens (including phenoxy) is 4. The Morgan fingerprint density at radius 3 is 2.88 bits per heavy atom. The van der Waals surface area contributed by atoms with Gasteiger partial charge < -0.3 is 18.9 Å². The van der Waals surface area contributed by atoms with Crippen molar-refractivity contribution in [2.75, 3.05) is 13.2 Å². The molecule has 0 N–H and O–H groups in total. The van der Waals surface area contributed by atoms with Crippen LogP contribution >= 0.6 is 28.6 Å². The maximum atomic E-state index is 9.81. The molecule has 2 unspecified atom stereocenters. The summed E-state index contributed by atoms with van der Waals surface area (Å²) < 4.78 is 25.0. The maximum absolute atomic E-state index is 9.81. The standard InChI is InChI=1S/C21H20BrN5O4S/c1-2-28-18-20(32)30-16-11-29-19(12-6-4-3-5-7-12)31-17(16)21(18,26-27-24)14-8-13(22)10-25-15(14)9-23/h3-8,10,16-20,32H,2,11H2,1H3/t16-,17+,18+,19?,20-,21?/m1/s1. The first-order valence-corrected chi connectivity index (χ1v) is 11.3. The molecule has 0 amide bonds. The van der Waals surface area contributed by atoms with E-state index in [2.05, 4.69) is 49.6 Å². The van der Waals surface area contributed by atoms with E-state index < -0.39 is 35.6 Å². The highest BCUT2D eigenvalue weighted by molar-refractivity contribution is 9.10. The zero-order valence-electron chi connectivity index (χ0n) is 17.0. The first-order valence-electron chi connectivity index (χ1n) is 9.94. The van der Waals surface area contributed by atoms with Crippen LogP contribution in [0.3, 0.4) is 0 Å². The summed E-state index contributed by atoms with van der Waals surface area (Å²) in [4.78, 5) is 7.39. The molecule has 0 radical (unpaired) electrons. The lowest BCUT2D eigenvalue weighted by molar-refractivity contribution is -0.319. The Balaban J connectivity index is 1.92. The van der Waals surface area contributed by atoms with Crippen molar-refractivity contribution in [3.63, 3.8) is 0 Å². The molecule has 11 heteroatoms. The summed E-state index contributed by atoms with van der Waals surface area (Å²) >= 11 is 8.00. The fourth-order valence-corrected chi connectivity index (χ4v) is 5.01. The molecule has 6 atom stereocenters. The second kappa shape index (κ2) is 9.77. The Hall–Kier alpha value is -2.16. The molecule has 1 aromatic heterocycles. The van der Waals surface area contributed by atoms with Crippen LogP contribution in [0.2, 0.25) is 0 Å². The number of thiol groups is 1. The first kappa shape index (κ1) is 23.0. The summed E-state index contributed by atoms with van der Waals surface area (Å²) in [5.74, 6) is 0. The van der Waals surface area contributed by atoms with Gasteiger partial charge in [0.05, 0.1) is 6.61 Å². The fourth-order valence-electron chi connectivity index (χ4n) is 4.21. The van der Waals surface area contributed by atoms with Crippen molar-refractivity contribution in [2.24, 2.45) is 5.11 Å². The molecule has 0 saturated carbocycles. The molecule has 32 heavy (non-hydrogen) atoms. The zero-order valence-corrected chi connectivity index (χ0v) is 19.5. The average molecular weight is 518 g/mol. The van der Waals surface area contributed by atoms with E-state index in [9.17, 15) is 10.8 Å². The SMILES string of the molecule is CCO[C@H]1[C@@H](S)O[C@@H]2COC(c3ccccc3)O[C@@H]2C1(N=[N+]=[N-])c1cc(Br)cnc1C#N. The molecular formula is C21H20BrN5O4S. The number of nitrogens with zero attached hydrogens (tertiary/aromatic N) is 5. The normalized spacial score (nSPS) is 31.8. The molecule has 3 heterocycles. The molecule has 2 aromatic rings. The van der Waals surface area contributed by atoms with Crippen LogP contribution < -0.4 is 0 Å². The lowest BCUT2D eigenvalue weighted by Gasteiger charge is -2.53. The molecule has 0 bridgehead atoms. The average Bonchev–Trinajstić information content (AvgIpc) is 2.81. The molecule has 2 fully saturated rings. The van der Waals surface area contributed by atoms with Crippen molar-refractivity contribution in [2.45, 2.75) is 42.5 Å². The Morgan fingerprint density at radius 2 is 2.19 bits per heavy atom. The first-order chi connectivity index (χ1) is 15.5. The number of benzene rings is 1. The molecule has 166 valence electrons. The quantitative estimate of drug-likeness (QED) is 0.271. The lowest BCUT2D eigenvalue weighted by Crippen LogP contribution is -2.66. The Labute approximate surface area is 198 Å². The third-order valence-electron chi connectivity index (χ3n) is 5.48. The molecule has 1 aromatic carbocycles. The second-order valence-electron chi connectivity index (χ2n) is 7.25. The van der Waals surface area contributed by atoms with Crippen molar-refractivity contribution in [3.05, 3.63) is 74.3 Å². The molecule has 9 nitrogen and oxygen atoms in total. The predicted molar refractivity (Wildman–Crippen MR) is 121 cm³/mol. The largest absolute Gasteiger partial charge is 0.374 e.